The van der Waals surface area contributed by atoms with Crippen LogP contribution >= 0.6 is 0 Å². The van der Waals surface area contributed by atoms with E-state index < -0.39 is 21.7 Å². The number of aromatic nitrogens is 2. The van der Waals surface area contributed by atoms with Gasteiger partial charge in [-0.05, 0) is 24.6 Å². The lowest BCUT2D eigenvalue weighted by Gasteiger charge is -2.11. The third kappa shape index (κ3) is 4.79. The summed E-state index contributed by atoms with van der Waals surface area (Å²) in [4.78, 5) is 32.0. The molecule has 0 radical (unpaired) electrons. The first-order valence-corrected chi connectivity index (χ1v) is 9.97. The molecule has 1 unspecified atom stereocenters. The van der Waals surface area contributed by atoms with Crippen molar-refractivity contribution in [3.05, 3.63) is 47.9 Å². The molecule has 10 heteroatoms. The average Bonchev–Trinajstić information content (AvgIpc) is 3.00. The van der Waals surface area contributed by atoms with Gasteiger partial charge in [-0.3, -0.25) is 4.79 Å². The van der Waals surface area contributed by atoms with E-state index in [0.717, 1.165) is 0 Å². The predicted molar refractivity (Wildman–Crippen MR) is 98.4 cm³/mol. The number of esters is 1. The average molecular weight is 390 g/mol. The Kier molecular flexibility index (Phi) is 5.36. The van der Waals surface area contributed by atoms with Crippen LogP contribution in [0.2, 0.25) is 0 Å². The fraction of sp³-hybridized carbons (Fsp3) is 0.294. The number of nitrogens with one attached hydrogen (secondary N) is 2. The third-order valence-corrected chi connectivity index (χ3v) is 5.78. The highest BCUT2D eigenvalue weighted by Crippen LogP contribution is 2.16. The zero-order chi connectivity index (χ0) is 19.4. The number of rotatable bonds is 5. The Hall–Kier alpha value is -3.01. The molecule has 1 aromatic heterocycles. The number of carbonyl (C=O) groups excluding carboxylic acids is 2. The number of nitrogens with zero attached hydrogens (tertiary/aromatic N) is 2. The molecular formula is C17H18N4O5S. The van der Waals surface area contributed by atoms with Crippen LogP contribution in [0.4, 0.5) is 11.5 Å². The second-order valence-electron chi connectivity index (χ2n) is 6.06. The Morgan fingerprint density at radius 2 is 2.04 bits per heavy atom. The van der Waals surface area contributed by atoms with Crippen LogP contribution in [0.15, 0.2) is 36.7 Å². The van der Waals surface area contributed by atoms with E-state index in [2.05, 4.69) is 25.3 Å². The fourth-order valence-corrected chi connectivity index (χ4v) is 4.35. The van der Waals surface area contributed by atoms with Gasteiger partial charge in [-0.1, -0.05) is 6.07 Å². The van der Waals surface area contributed by atoms with Gasteiger partial charge in [-0.25, -0.2) is 23.2 Å². The molecule has 1 aliphatic rings. The van der Waals surface area contributed by atoms with Crippen molar-refractivity contribution in [1.29, 1.82) is 0 Å². The molecule has 1 fully saturated rings. The van der Waals surface area contributed by atoms with Gasteiger partial charge in [0.15, 0.2) is 9.84 Å². The van der Waals surface area contributed by atoms with E-state index in [1.165, 1.54) is 25.6 Å². The van der Waals surface area contributed by atoms with E-state index >= 15 is 0 Å². The second kappa shape index (κ2) is 7.70. The van der Waals surface area contributed by atoms with Gasteiger partial charge >= 0.3 is 5.97 Å². The lowest BCUT2D eigenvalue weighted by Crippen LogP contribution is -2.22. The molecule has 142 valence electrons. The molecule has 0 aliphatic carbocycles. The number of benzene rings is 1. The van der Waals surface area contributed by atoms with Crippen molar-refractivity contribution in [2.45, 2.75) is 12.5 Å². The number of sulfone groups is 1. The summed E-state index contributed by atoms with van der Waals surface area (Å²) in [7, 11) is -1.71. The Balaban J connectivity index is 1.63. The van der Waals surface area contributed by atoms with Crippen molar-refractivity contribution < 1.29 is 22.7 Å². The first kappa shape index (κ1) is 18.8. The van der Waals surface area contributed by atoms with E-state index in [4.69, 9.17) is 0 Å². The smallest absolute Gasteiger partial charge is 0.337 e. The summed E-state index contributed by atoms with van der Waals surface area (Å²) < 4.78 is 27.6. The van der Waals surface area contributed by atoms with Gasteiger partial charge < -0.3 is 15.4 Å². The van der Waals surface area contributed by atoms with Crippen LogP contribution in [-0.4, -0.2) is 54.9 Å². The van der Waals surface area contributed by atoms with Gasteiger partial charge in [-0.2, -0.15) is 0 Å². The highest BCUT2D eigenvalue weighted by Gasteiger charge is 2.28. The third-order valence-electron chi connectivity index (χ3n) is 4.01. The minimum absolute atomic E-state index is 0.0629. The fourth-order valence-electron chi connectivity index (χ4n) is 2.67. The Bertz CT molecular complexity index is 960. The number of anilines is 2. The summed E-state index contributed by atoms with van der Waals surface area (Å²) in [6.45, 7) is 0. The number of hydrogen-bond acceptors (Lipinski definition) is 8. The van der Waals surface area contributed by atoms with E-state index in [1.54, 1.807) is 18.2 Å². The summed E-state index contributed by atoms with van der Waals surface area (Å²) in [5, 5.41) is 5.63. The molecule has 9 nitrogen and oxygen atoms in total. The van der Waals surface area contributed by atoms with Crippen molar-refractivity contribution in [3.8, 4) is 0 Å². The van der Waals surface area contributed by atoms with E-state index in [0.29, 0.717) is 23.5 Å². The highest BCUT2D eigenvalue weighted by molar-refractivity contribution is 7.91. The summed E-state index contributed by atoms with van der Waals surface area (Å²) in [6.07, 6.45) is 3.19. The zero-order valence-electron chi connectivity index (χ0n) is 14.5. The normalized spacial score (nSPS) is 17.9. The molecule has 3 rings (SSSR count). The maximum Gasteiger partial charge on any atom is 0.337 e. The first-order valence-electron chi connectivity index (χ1n) is 8.15. The Morgan fingerprint density at radius 3 is 2.67 bits per heavy atom. The van der Waals surface area contributed by atoms with E-state index in [9.17, 15) is 18.0 Å². The summed E-state index contributed by atoms with van der Waals surface area (Å²) >= 11 is 0. The van der Waals surface area contributed by atoms with Gasteiger partial charge in [0, 0.05) is 11.7 Å². The zero-order valence-corrected chi connectivity index (χ0v) is 15.3. The summed E-state index contributed by atoms with van der Waals surface area (Å²) in [6, 6.07) is 6.12. The van der Waals surface area contributed by atoms with Crippen LogP contribution < -0.4 is 10.6 Å². The summed E-state index contributed by atoms with van der Waals surface area (Å²) in [5.41, 5.74) is 0.818. The minimum atomic E-state index is -2.99. The molecule has 0 saturated carbocycles. The van der Waals surface area contributed by atoms with Crippen molar-refractivity contribution in [3.63, 3.8) is 0 Å². The molecule has 1 saturated heterocycles. The Labute approximate surface area is 156 Å². The first-order chi connectivity index (χ1) is 12.9. The SMILES string of the molecule is COC(=O)c1cccc(NC(=O)c2cnc(NC3CCS(=O)(=O)C3)cn2)c1. The second-order valence-corrected chi connectivity index (χ2v) is 8.29. The molecule has 0 spiro atoms. The molecule has 2 aromatic rings. The number of carbonyl (C=O) groups is 2. The van der Waals surface area contributed by atoms with E-state index in [1.807, 2.05) is 0 Å². The van der Waals surface area contributed by atoms with Crippen LogP contribution in [0.3, 0.4) is 0 Å². The van der Waals surface area contributed by atoms with Gasteiger partial charge in [0.2, 0.25) is 0 Å². The van der Waals surface area contributed by atoms with Crippen molar-refractivity contribution >= 4 is 33.2 Å². The van der Waals surface area contributed by atoms with Gasteiger partial charge in [0.05, 0.1) is 36.6 Å². The lowest BCUT2D eigenvalue weighted by atomic mass is 10.2. The quantitative estimate of drug-likeness (QED) is 0.727. The Morgan fingerprint density at radius 1 is 1.22 bits per heavy atom. The molecule has 27 heavy (non-hydrogen) atoms. The van der Waals surface area contributed by atoms with Crippen LogP contribution in [0.5, 0.6) is 0 Å². The minimum Gasteiger partial charge on any atom is -0.465 e. The predicted octanol–water partition coefficient (Wildman–Crippen LogP) is 1.11. The largest absolute Gasteiger partial charge is 0.465 e. The molecule has 1 amide bonds. The maximum atomic E-state index is 12.3. The van der Waals surface area contributed by atoms with E-state index in [-0.39, 0.29) is 23.2 Å². The lowest BCUT2D eigenvalue weighted by molar-refractivity contribution is 0.0600. The highest BCUT2D eigenvalue weighted by atomic mass is 32.2. The van der Waals surface area contributed by atoms with Gasteiger partial charge in [0.1, 0.15) is 11.5 Å². The van der Waals surface area contributed by atoms with Crippen LogP contribution in [0.25, 0.3) is 0 Å². The molecule has 2 heterocycles. The van der Waals surface area contributed by atoms with Crippen molar-refractivity contribution in [2.24, 2.45) is 0 Å². The monoisotopic (exact) mass is 390 g/mol. The van der Waals surface area contributed by atoms with Crippen LogP contribution in [0, 0.1) is 0 Å². The standard InChI is InChI=1S/C17H18N4O5S/c1-26-17(23)11-3-2-4-12(7-11)21-16(22)14-8-19-15(9-18-14)20-13-5-6-27(24,25)10-13/h2-4,7-9,13H,5-6,10H2,1H3,(H,19,20)(H,21,22). The van der Waals surface area contributed by atoms with Crippen molar-refractivity contribution in [1.82, 2.24) is 9.97 Å². The molecule has 1 aliphatic heterocycles. The van der Waals surface area contributed by atoms with Crippen molar-refractivity contribution in [2.75, 3.05) is 29.2 Å². The molecule has 1 aromatic carbocycles. The number of ether oxygens (including phenoxy) is 1. The molecule has 1 atom stereocenters. The number of hydrogen-bond donors (Lipinski definition) is 2. The van der Waals surface area contributed by atoms with Gasteiger partial charge in [0.25, 0.3) is 5.91 Å². The maximum absolute atomic E-state index is 12.3. The number of amides is 1. The number of methoxy groups -OCH3 is 1. The molecular weight excluding hydrogens is 372 g/mol. The van der Waals surface area contributed by atoms with Crippen LogP contribution in [0.1, 0.15) is 27.3 Å². The summed E-state index contributed by atoms with van der Waals surface area (Å²) in [5.74, 6) is -0.368. The molecule has 0 bridgehead atoms. The van der Waals surface area contributed by atoms with Crippen LogP contribution in [-0.2, 0) is 14.6 Å². The molecule has 2 N–H and O–H groups in total. The van der Waals surface area contributed by atoms with Gasteiger partial charge in [-0.15, -0.1) is 0 Å². The topological polar surface area (TPSA) is 127 Å².